The minimum absolute atomic E-state index is 0. The topological polar surface area (TPSA) is 110 Å². The molecule has 106 valence electrons. The molecular formula is C11H16N3NaO5. The maximum Gasteiger partial charge on any atom is 1.00 e. The molecule has 1 aliphatic heterocycles. The number of hydrogen-bond acceptors (Lipinski definition) is 6. The van der Waals surface area contributed by atoms with Crippen molar-refractivity contribution in [2.24, 2.45) is 0 Å². The molecule has 1 fully saturated rings. The molecule has 1 N–H and O–H groups in total. The van der Waals surface area contributed by atoms with Crippen molar-refractivity contribution in [3.8, 4) is 0 Å². The quantitative estimate of drug-likeness (QED) is 0.399. The van der Waals surface area contributed by atoms with Gasteiger partial charge in [0.2, 0.25) is 11.8 Å². The van der Waals surface area contributed by atoms with Crippen LogP contribution in [0.1, 0.15) is 12.8 Å². The van der Waals surface area contributed by atoms with Crippen molar-refractivity contribution in [1.82, 2.24) is 15.1 Å². The van der Waals surface area contributed by atoms with Crippen LogP contribution in [0, 0.1) is 0 Å². The van der Waals surface area contributed by atoms with Crippen molar-refractivity contribution in [1.29, 1.82) is 0 Å². The number of likely N-dealkylation sites (N-methyl/N-ethyl adjacent to an activating group) is 2. The third-order valence-corrected chi connectivity index (χ3v) is 2.98. The Kier molecular flexibility index (Phi) is 7.35. The van der Waals surface area contributed by atoms with E-state index >= 15 is 0 Å². The summed E-state index contributed by atoms with van der Waals surface area (Å²) in [6.07, 6.45) is -0.587. The number of carbonyl (C=O) groups excluding carboxylic acids is 4. The summed E-state index contributed by atoms with van der Waals surface area (Å²) < 4.78 is 0. The van der Waals surface area contributed by atoms with E-state index in [1.165, 1.54) is 11.9 Å². The van der Waals surface area contributed by atoms with Crippen LogP contribution in [-0.4, -0.2) is 66.7 Å². The zero-order chi connectivity index (χ0) is 14.7. The first-order chi connectivity index (χ1) is 8.73. The molecule has 1 heterocycles. The van der Waals surface area contributed by atoms with Gasteiger partial charge < -0.3 is 15.2 Å². The average molecular weight is 293 g/mol. The van der Waals surface area contributed by atoms with Crippen molar-refractivity contribution in [3.63, 3.8) is 0 Å². The van der Waals surface area contributed by atoms with Gasteiger partial charge in [0.25, 0.3) is 5.91 Å². The molecule has 20 heavy (non-hydrogen) atoms. The molecule has 0 spiro atoms. The number of nitrogens with zero attached hydrogens (tertiary/aromatic N) is 2. The Morgan fingerprint density at radius 3 is 2.35 bits per heavy atom. The van der Waals surface area contributed by atoms with E-state index in [2.05, 4.69) is 5.32 Å². The van der Waals surface area contributed by atoms with Crippen LogP contribution in [0.4, 0.5) is 0 Å². The third-order valence-electron chi connectivity index (χ3n) is 2.98. The summed E-state index contributed by atoms with van der Waals surface area (Å²) in [5, 5.41) is 13.0. The van der Waals surface area contributed by atoms with Crippen LogP contribution in [0.2, 0.25) is 0 Å². The summed E-state index contributed by atoms with van der Waals surface area (Å²) in [4.78, 5) is 47.7. The molecule has 0 bridgehead atoms. The molecule has 9 heteroatoms. The van der Waals surface area contributed by atoms with Crippen LogP contribution in [0.3, 0.4) is 0 Å². The fourth-order valence-corrected chi connectivity index (χ4v) is 1.80. The number of carboxylic acids is 1. The van der Waals surface area contributed by atoms with Gasteiger partial charge in [-0.15, -0.1) is 0 Å². The Morgan fingerprint density at radius 1 is 1.45 bits per heavy atom. The third kappa shape index (κ3) is 4.55. The molecular weight excluding hydrogens is 277 g/mol. The Labute approximate surface area is 138 Å². The van der Waals surface area contributed by atoms with E-state index in [0.29, 0.717) is 0 Å². The molecule has 2 atom stereocenters. The predicted octanol–water partition coefficient (Wildman–Crippen LogP) is -6.07. The maximum atomic E-state index is 11.9. The maximum absolute atomic E-state index is 11.9. The standard InChI is InChI=1S/C11H17N3O5.Na/c1-13(2)7(5-9(16)17)10(18)12-6-4-8(15)14(3)11(6)19;/h6-7H,4-5H2,1-3H3,(H,12,18)(H,16,17);/q;+1/p-1. The number of amides is 3. The van der Waals surface area contributed by atoms with Crippen LogP contribution < -0.4 is 40.0 Å². The van der Waals surface area contributed by atoms with E-state index in [4.69, 9.17) is 0 Å². The normalized spacial score (nSPS) is 19.8. The van der Waals surface area contributed by atoms with Gasteiger partial charge in [-0.05, 0) is 14.1 Å². The molecule has 1 saturated heterocycles. The molecule has 3 amide bonds. The van der Waals surface area contributed by atoms with Crippen LogP contribution in [0.25, 0.3) is 0 Å². The number of rotatable bonds is 5. The summed E-state index contributed by atoms with van der Waals surface area (Å²) >= 11 is 0. The Hall–Kier alpha value is -0.960. The van der Waals surface area contributed by atoms with E-state index in [0.717, 1.165) is 4.90 Å². The zero-order valence-electron chi connectivity index (χ0n) is 12.0. The van der Waals surface area contributed by atoms with Crippen molar-refractivity contribution < 1.29 is 53.8 Å². The molecule has 0 aromatic heterocycles. The fraction of sp³-hybridized carbons (Fsp3) is 0.636. The first-order valence-corrected chi connectivity index (χ1v) is 5.71. The van der Waals surface area contributed by atoms with Crippen LogP contribution in [0.15, 0.2) is 0 Å². The molecule has 0 radical (unpaired) electrons. The van der Waals surface area contributed by atoms with Gasteiger partial charge in [0.15, 0.2) is 0 Å². The number of carbonyl (C=O) groups is 4. The first-order valence-electron chi connectivity index (χ1n) is 5.71. The fourth-order valence-electron chi connectivity index (χ4n) is 1.80. The van der Waals surface area contributed by atoms with Gasteiger partial charge in [-0.3, -0.25) is 24.2 Å². The van der Waals surface area contributed by atoms with E-state index in [9.17, 15) is 24.3 Å². The Bertz CT molecular complexity index is 426. The van der Waals surface area contributed by atoms with E-state index in [1.54, 1.807) is 14.1 Å². The van der Waals surface area contributed by atoms with E-state index in [-0.39, 0.29) is 41.9 Å². The zero-order valence-corrected chi connectivity index (χ0v) is 14.0. The van der Waals surface area contributed by atoms with Gasteiger partial charge >= 0.3 is 29.6 Å². The van der Waals surface area contributed by atoms with E-state index < -0.39 is 36.3 Å². The van der Waals surface area contributed by atoms with Crippen LogP contribution in [-0.2, 0) is 19.2 Å². The smallest absolute Gasteiger partial charge is 0.550 e. The summed E-state index contributed by atoms with van der Waals surface area (Å²) in [5.41, 5.74) is 0. The summed E-state index contributed by atoms with van der Waals surface area (Å²) in [6.45, 7) is 0. The summed E-state index contributed by atoms with van der Waals surface area (Å²) in [5.74, 6) is -2.85. The minimum atomic E-state index is -1.36. The van der Waals surface area contributed by atoms with Gasteiger partial charge in [0.1, 0.15) is 6.04 Å². The van der Waals surface area contributed by atoms with Crippen LogP contribution >= 0.6 is 0 Å². The van der Waals surface area contributed by atoms with Gasteiger partial charge in [-0.1, -0.05) is 0 Å². The van der Waals surface area contributed by atoms with Gasteiger partial charge in [0, 0.05) is 19.4 Å². The monoisotopic (exact) mass is 293 g/mol. The number of nitrogens with one attached hydrogen (secondary N) is 1. The van der Waals surface area contributed by atoms with Gasteiger partial charge in [-0.2, -0.15) is 0 Å². The minimum Gasteiger partial charge on any atom is -0.550 e. The number of aliphatic carboxylic acids is 1. The number of imide groups is 1. The van der Waals surface area contributed by atoms with Crippen molar-refractivity contribution in [2.75, 3.05) is 21.1 Å². The van der Waals surface area contributed by atoms with Gasteiger partial charge in [0.05, 0.1) is 12.5 Å². The predicted molar refractivity (Wildman–Crippen MR) is 61.4 cm³/mol. The molecule has 0 aliphatic carbocycles. The number of hydrogen-bond donors (Lipinski definition) is 1. The summed E-state index contributed by atoms with van der Waals surface area (Å²) in [6, 6.07) is -1.87. The van der Waals surface area contributed by atoms with Crippen molar-refractivity contribution in [2.45, 2.75) is 24.9 Å². The molecule has 2 unspecified atom stereocenters. The van der Waals surface area contributed by atoms with Crippen molar-refractivity contribution in [3.05, 3.63) is 0 Å². The molecule has 0 saturated carbocycles. The number of carboxylic acid groups (broad SMARTS) is 1. The Morgan fingerprint density at radius 2 is 2.00 bits per heavy atom. The second-order valence-corrected chi connectivity index (χ2v) is 4.61. The second-order valence-electron chi connectivity index (χ2n) is 4.61. The Balaban J connectivity index is 0.00000361. The largest absolute Gasteiger partial charge is 1.00 e. The molecule has 1 rings (SSSR count). The summed E-state index contributed by atoms with van der Waals surface area (Å²) in [7, 11) is 4.42. The molecule has 8 nitrogen and oxygen atoms in total. The number of likely N-dealkylation sites (tertiary alicyclic amines) is 1. The molecule has 0 aromatic carbocycles. The second kappa shape index (κ2) is 7.72. The average Bonchev–Trinajstić information content (AvgIpc) is 2.53. The van der Waals surface area contributed by atoms with E-state index in [1.807, 2.05) is 0 Å². The van der Waals surface area contributed by atoms with Gasteiger partial charge in [-0.25, -0.2) is 0 Å². The first kappa shape index (κ1) is 19.0. The van der Waals surface area contributed by atoms with Crippen LogP contribution in [0.5, 0.6) is 0 Å². The molecule has 1 aliphatic rings. The molecule has 0 aromatic rings. The van der Waals surface area contributed by atoms with Crippen molar-refractivity contribution >= 4 is 23.7 Å². The SMILES string of the molecule is CN1C(=O)CC(NC(=O)C(CC(=O)[O-])N(C)C)C1=O.[Na+].